The minimum atomic E-state index is -0.245. The van der Waals surface area contributed by atoms with Gasteiger partial charge in [-0.1, -0.05) is 54.6 Å². The molecule has 0 heterocycles. The maximum atomic E-state index is 11.9. The Labute approximate surface area is 154 Å². The van der Waals surface area contributed by atoms with Crippen LogP contribution in [0.2, 0.25) is 0 Å². The molecular weight excluding hydrogens is 326 g/mol. The number of nitrogens with one attached hydrogen (secondary N) is 3. The van der Waals surface area contributed by atoms with Gasteiger partial charge in [0, 0.05) is 24.2 Å². The van der Waals surface area contributed by atoms with E-state index in [1.165, 1.54) is 5.56 Å². The van der Waals surface area contributed by atoms with Crippen LogP contribution in [0.4, 0.5) is 5.69 Å². The zero-order chi connectivity index (χ0) is 18.8. The standard InChI is InChI=1S/C21H25N3O2/c1-16-8-12-19(13-9-16)22-20(25)14-15-21(26)24-23-17(2)10-11-18-6-4-3-5-7-18/h3-9,12-13,23H,2,10-11,14-15H2,1H3,(H,22,25)(H,24,26). The highest BCUT2D eigenvalue weighted by Gasteiger charge is 2.07. The van der Waals surface area contributed by atoms with E-state index in [0.29, 0.717) is 0 Å². The molecule has 0 aromatic heterocycles. The van der Waals surface area contributed by atoms with Gasteiger partial charge in [-0.25, -0.2) is 0 Å². The number of anilines is 1. The highest BCUT2D eigenvalue weighted by Crippen LogP contribution is 2.09. The molecule has 0 saturated heterocycles. The average Bonchev–Trinajstić information content (AvgIpc) is 2.65. The van der Waals surface area contributed by atoms with Crippen molar-refractivity contribution in [1.82, 2.24) is 10.9 Å². The van der Waals surface area contributed by atoms with Crippen LogP contribution >= 0.6 is 0 Å². The molecule has 2 aromatic carbocycles. The van der Waals surface area contributed by atoms with E-state index in [1.807, 2.05) is 49.4 Å². The number of hydrogen-bond acceptors (Lipinski definition) is 3. The third-order valence-corrected chi connectivity index (χ3v) is 3.85. The Balaban J connectivity index is 1.61. The van der Waals surface area contributed by atoms with Crippen molar-refractivity contribution in [3.05, 3.63) is 78.0 Å². The molecule has 2 aromatic rings. The lowest BCUT2D eigenvalue weighted by Gasteiger charge is -2.11. The number of aryl methyl sites for hydroxylation is 2. The topological polar surface area (TPSA) is 70.2 Å². The number of rotatable bonds is 9. The number of benzene rings is 2. The Morgan fingerprint density at radius 2 is 1.50 bits per heavy atom. The van der Waals surface area contributed by atoms with Crippen molar-refractivity contribution in [2.45, 2.75) is 32.6 Å². The quantitative estimate of drug-likeness (QED) is 0.606. The van der Waals surface area contributed by atoms with Gasteiger partial charge < -0.3 is 10.7 Å². The summed E-state index contributed by atoms with van der Waals surface area (Å²) in [5.74, 6) is -0.433. The van der Waals surface area contributed by atoms with E-state index in [2.05, 4.69) is 34.9 Å². The zero-order valence-corrected chi connectivity index (χ0v) is 15.0. The molecular formula is C21H25N3O2. The maximum absolute atomic E-state index is 11.9. The number of carbonyl (C=O) groups excluding carboxylic acids is 2. The second-order valence-corrected chi connectivity index (χ2v) is 6.18. The van der Waals surface area contributed by atoms with Crippen molar-refractivity contribution < 1.29 is 9.59 Å². The molecule has 0 fully saturated rings. The molecule has 3 N–H and O–H groups in total. The smallest absolute Gasteiger partial charge is 0.238 e. The molecule has 0 bridgehead atoms. The second-order valence-electron chi connectivity index (χ2n) is 6.18. The van der Waals surface area contributed by atoms with Crippen molar-refractivity contribution in [2.24, 2.45) is 0 Å². The Morgan fingerprint density at radius 1 is 0.846 bits per heavy atom. The van der Waals surface area contributed by atoms with Crippen LogP contribution in [-0.4, -0.2) is 11.8 Å². The molecule has 26 heavy (non-hydrogen) atoms. The number of hydrazine groups is 1. The summed E-state index contributed by atoms with van der Waals surface area (Å²) in [4.78, 5) is 23.7. The van der Waals surface area contributed by atoms with Gasteiger partial charge in [0.2, 0.25) is 11.8 Å². The van der Waals surface area contributed by atoms with Crippen molar-refractivity contribution in [3.63, 3.8) is 0 Å². The Morgan fingerprint density at radius 3 is 2.19 bits per heavy atom. The van der Waals surface area contributed by atoms with Crippen LogP contribution in [0.3, 0.4) is 0 Å². The molecule has 0 atom stereocenters. The summed E-state index contributed by atoms with van der Waals surface area (Å²) in [5.41, 5.74) is 9.18. The lowest BCUT2D eigenvalue weighted by Crippen LogP contribution is -2.36. The summed E-state index contributed by atoms with van der Waals surface area (Å²) in [6, 6.07) is 17.6. The summed E-state index contributed by atoms with van der Waals surface area (Å²) in [6.07, 6.45) is 1.80. The minimum absolute atomic E-state index is 0.108. The lowest BCUT2D eigenvalue weighted by molar-refractivity contribution is -0.124. The van der Waals surface area contributed by atoms with Crippen LogP contribution in [0.15, 0.2) is 66.9 Å². The van der Waals surface area contributed by atoms with Gasteiger partial charge in [0.1, 0.15) is 0 Å². The minimum Gasteiger partial charge on any atom is -0.326 e. The summed E-state index contributed by atoms with van der Waals surface area (Å²) >= 11 is 0. The van der Waals surface area contributed by atoms with Crippen molar-refractivity contribution in [1.29, 1.82) is 0 Å². The molecule has 2 rings (SSSR count). The van der Waals surface area contributed by atoms with Gasteiger partial charge in [-0.2, -0.15) is 0 Å². The van der Waals surface area contributed by atoms with Gasteiger partial charge in [0.25, 0.3) is 0 Å². The van der Waals surface area contributed by atoms with Crippen LogP contribution in [-0.2, 0) is 16.0 Å². The Hall–Kier alpha value is -3.08. The average molecular weight is 351 g/mol. The fourth-order valence-corrected chi connectivity index (χ4v) is 2.31. The van der Waals surface area contributed by atoms with Crippen LogP contribution in [0.5, 0.6) is 0 Å². The number of amides is 2. The number of allylic oxidation sites excluding steroid dienone is 1. The first-order valence-electron chi connectivity index (χ1n) is 8.66. The van der Waals surface area contributed by atoms with Crippen LogP contribution in [0.1, 0.15) is 30.4 Å². The van der Waals surface area contributed by atoms with E-state index in [0.717, 1.165) is 29.8 Å². The van der Waals surface area contributed by atoms with Crippen molar-refractivity contribution in [2.75, 3.05) is 5.32 Å². The van der Waals surface area contributed by atoms with Crippen molar-refractivity contribution in [3.8, 4) is 0 Å². The van der Waals surface area contributed by atoms with E-state index in [1.54, 1.807) is 0 Å². The van der Waals surface area contributed by atoms with Crippen LogP contribution in [0.25, 0.3) is 0 Å². The molecule has 5 heteroatoms. The summed E-state index contributed by atoms with van der Waals surface area (Å²) < 4.78 is 0. The first kappa shape index (κ1) is 19.2. The highest BCUT2D eigenvalue weighted by atomic mass is 16.2. The molecule has 0 radical (unpaired) electrons. The molecule has 0 spiro atoms. The first-order valence-corrected chi connectivity index (χ1v) is 8.66. The molecule has 0 aliphatic carbocycles. The lowest BCUT2D eigenvalue weighted by atomic mass is 10.1. The third kappa shape index (κ3) is 7.21. The predicted octanol–water partition coefficient (Wildman–Crippen LogP) is 3.48. The normalized spacial score (nSPS) is 10.0. The molecule has 5 nitrogen and oxygen atoms in total. The van der Waals surface area contributed by atoms with Crippen LogP contribution in [0, 0.1) is 6.92 Å². The summed E-state index contributed by atoms with van der Waals surface area (Å²) in [5, 5.41) is 2.77. The molecule has 0 unspecified atom stereocenters. The van der Waals surface area contributed by atoms with E-state index in [9.17, 15) is 9.59 Å². The summed E-state index contributed by atoms with van der Waals surface area (Å²) in [6.45, 7) is 5.88. The van der Waals surface area contributed by atoms with E-state index < -0.39 is 0 Å². The number of carbonyl (C=O) groups is 2. The largest absolute Gasteiger partial charge is 0.326 e. The van der Waals surface area contributed by atoms with Gasteiger partial charge in [0.15, 0.2) is 0 Å². The number of hydrogen-bond donors (Lipinski definition) is 3. The van der Waals surface area contributed by atoms with Gasteiger partial charge in [0.05, 0.1) is 0 Å². The van der Waals surface area contributed by atoms with Crippen LogP contribution < -0.4 is 16.2 Å². The van der Waals surface area contributed by atoms with E-state index in [4.69, 9.17) is 0 Å². The third-order valence-electron chi connectivity index (χ3n) is 3.85. The monoisotopic (exact) mass is 351 g/mol. The van der Waals surface area contributed by atoms with E-state index in [-0.39, 0.29) is 24.7 Å². The highest BCUT2D eigenvalue weighted by molar-refractivity contribution is 5.93. The molecule has 0 aliphatic rings. The van der Waals surface area contributed by atoms with Gasteiger partial charge in [-0.15, -0.1) is 0 Å². The molecule has 0 aliphatic heterocycles. The fraction of sp³-hybridized carbons (Fsp3) is 0.238. The molecule has 136 valence electrons. The maximum Gasteiger partial charge on any atom is 0.238 e. The van der Waals surface area contributed by atoms with Crippen molar-refractivity contribution >= 4 is 17.5 Å². The summed E-state index contributed by atoms with van der Waals surface area (Å²) in [7, 11) is 0. The van der Waals surface area contributed by atoms with Gasteiger partial charge in [-0.3, -0.25) is 15.0 Å². The molecule has 0 saturated carbocycles. The fourth-order valence-electron chi connectivity index (χ4n) is 2.31. The second kappa shape index (κ2) is 10.0. The first-order chi connectivity index (χ1) is 12.5. The Bertz CT molecular complexity index is 740. The van der Waals surface area contributed by atoms with E-state index >= 15 is 0 Å². The van der Waals surface area contributed by atoms with Gasteiger partial charge >= 0.3 is 0 Å². The Kier molecular flexibility index (Phi) is 7.43. The predicted molar refractivity (Wildman–Crippen MR) is 104 cm³/mol. The van der Waals surface area contributed by atoms with Gasteiger partial charge in [-0.05, 0) is 37.5 Å². The zero-order valence-electron chi connectivity index (χ0n) is 15.0. The SMILES string of the molecule is C=C(CCc1ccccc1)NNC(=O)CCC(=O)Nc1ccc(C)cc1. The molecule has 2 amide bonds.